The molecule has 7 heteroatoms. The van der Waals surface area contributed by atoms with Crippen LogP contribution in [-0.4, -0.2) is 54.3 Å². The summed E-state index contributed by atoms with van der Waals surface area (Å²) in [5.41, 5.74) is 2.29. The van der Waals surface area contributed by atoms with E-state index < -0.39 is 0 Å². The van der Waals surface area contributed by atoms with E-state index in [0.717, 1.165) is 36.7 Å². The summed E-state index contributed by atoms with van der Waals surface area (Å²) in [6, 6.07) is 12.8. The molecular weight excluding hydrogens is 392 g/mol. The lowest BCUT2D eigenvalue weighted by molar-refractivity contribution is 0.0907. The molecular formula is C22H19ClN2O4. The van der Waals surface area contributed by atoms with Crippen LogP contribution in [0.1, 0.15) is 26.3 Å². The highest BCUT2D eigenvalue weighted by atomic mass is 35.5. The number of carbonyl (C=O) groups excluding carboxylic acids is 2. The number of Topliss-reactive ketones (excluding diaryl/α,β-unsaturated/α-hetero) is 2. The molecule has 0 spiro atoms. The highest BCUT2D eigenvalue weighted by molar-refractivity contribution is 6.49. The monoisotopic (exact) mass is 410 g/mol. The van der Waals surface area contributed by atoms with Gasteiger partial charge in [0.1, 0.15) is 10.7 Å². The van der Waals surface area contributed by atoms with E-state index in [0.29, 0.717) is 29.9 Å². The highest BCUT2D eigenvalue weighted by Crippen LogP contribution is 2.33. The minimum atomic E-state index is -0.278. The molecule has 0 atom stereocenters. The van der Waals surface area contributed by atoms with Crippen molar-refractivity contribution in [1.29, 1.82) is 0 Å². The van der Waals surface area contributed by atoms with Crippen LogP contribution >= 0.6 is 11.6 Å². The normalized spacial score (nSPS) is 19.0. The van der Waals surface area contributed by atoms with Gasteiger partial charge in [-0.15, -0.1) is 0 Å². The van der Waals surface area contributed by atoms with Gasteiger partial charge in [0.05, 0.1) is 0 Å². The van der Waals surface area contributed by atoms with Crippen LogP contribution in [0.15, 0.2) is 53.2 Å². The molecule has 2 aliphatic heterocycles. The molecule has 3 aliphatic rings. The summed E-state index contributed by atoms with van der Waals surface area (Å²) >= 11 is 6.34. The summed E-state index contributed by atoms with van der Waals surface area (Å²) in [6.07, 6.45) is 0. The lowest BCUT2D eigenvalue weighted by Crippen LogP contribution is -2.47. The number of carbonyl (C=O) groups is 2. The Kier molecular flexibility index (Phi) is 4.53. The maximum absolute atomic E-state index is 13.0. The maximum Gasteiger partial charge on any atom is 0.231 e. The molecule has 0 radical (unpaired) electrons. The van der Waals surface area contributed by atoms with Gasteiger partial charge in [-0.3, -0.25) is 14.5 Å². The SMILES string of the molecule is O=C1C(Cl)=C(N2CCN(Cc3ccc4c(c3)OCO4)CC2)C(=O)c2ccccc21. The van der Waals surface area contributed by atoms with Gasteiger partial charge in [-0.1, -0.05) is 41.9 Å². The Morgan fingerprint density at radius 2 is 1.55 bits per heavy atom. The minimum absolute atomic E-state index is 0.0259. The summed E-state index contributed by atoms with van der Waals surface area (Å²) in [6.45, 7) is 3.86. The number of hydrogen-bond acceptors (Lipinski definition) is 6. The van der Waals surface area contributed by atoms with Gasteiger partial charge in [0.15, 0.2) is 11.5 Å². The fourth-order valence-corrected chi connectivity index (χ4v) is 4.35. The number of allylic oxidation sites excluding steroid dienone is 2. The fourth-order valence-electron chi connectivity index (χ4n) is 4.04. The molecule has 0 bridgehead atoms. The molecule has 1 saturated heterocycles. The molecule has 2 aromatic rings. The summed E-state index contributed by atoms with van der Waals surface area (Å²) in [5, 5.41) is 0.0259. The average molecular weight is 411 g/mol. The first-order valence-corrected chi connectivity index (χ1v) is 9.93. The zero-order valence-corrected chi connectivity index (χ0v) is 16.4. The maximum atomic E-state index is 13.0. The number of nitrogens with zero attached hydrogens (tertiary/aromatic N) is 2. The molecule has 5 rings (SSSR count). The number of halogens is 1. The molecule has 148 valence electrons. The van der Waals surface area contributed by atoms with Crippen LogP contribution in [0, 0.1) is 0 Å². The van der Waals surface area contributed by atoms with Crippen molar-refractivity contribution >= 4 is 23.2 Å². The summed E-state index contributed by atoms with van der Waals surface area (Å²) in [5.74, 6) is 1.11. The van der Waals surface area contributed by atoms with E-state index in [9.17, 15) is 9.59 Å². The summed E-state index contributed by atoms with van der Waals surface area (Å²) in [7, 11) is 0. The van der Waals surface area contributed by atoms with Crippen LogP contribution in [0.5, 0.6) is 11.5 Å². The molecule has 1 fully saturated rings. The van der Waals surface area contributed by atoms with Crippen molar-refractivity contribution in [2.24, 2.45) is 0 Å². The third-order valence-electron chi connectivity index (χ3n) is 5.57. The van der Waals surface area contributed by atoms with Crippen molar-refractivity contribution in [1.82, 2.24) is 9.80 Å². The van der Waals surface area contributed by atoms with E-state index in [1.165, 1.54) is 0 Å². The van der Waals surface area contributed by atoms with Crippen molar-refractivity contribution in [2.45, 2.75) is 6.54 Å². The van der Waals surface area contributed by atoms with E-state index in [1.54, 1.807) is 24.3 Å². The number of fused-ring (bicyclic) bond motifs is 2. The van der Waals surface area contributed by atoms with E-state index in [2.05, 4.69) is 4.90 Å². The number of ether oxygens (including phenoxy) is 2. The Morgan fingerprint density at radius 3 is 2.31 bits per heavy atom. The molecule has 0 unspecified atom stereocenters. The first-order chi connectivity index (χ1) is 14.1. The van der Waals surface area contributed by atoms with E-state index in [1.807, 2.05) is 23.1 Å². The third-order valence-corrected chi connectivity index (χ3v) is 5.92. The minimum Gasteiger partial charge on any atom is -0.454 e. The third kappa shape index (κ3) is 3.18. The Hall–Kier alpha value is -2.83. The molecule has 0 aromatic heterocycles. The van der Waals surface area contributed by atoms with E-state index >= 15 is 0 Å². The van der Waals surface area contributed by atoms with Crippen LogP contribution in [0.2, 0.25) is 0 Å². The van der Waals surface area contributed by atoms with Gasteiger partial charge >= 0.3 is 0 Å². The number of piperazine rings is 1. The lowest BCUT2D eigenvalue weighted by atomic mass is 9.91. The van der Waals surface area contributed by atoms with Gasteiger partial charge in [-0.05, 0) is 17.7 Å². The van der Waals surface area contributed by atoms with Gasteiger partial charge in [-0.25, -0.2) is 0 Å². The van der Waals surface area contributed by atoms with Crippen LogP contribution in [-0.2, 0) is 6.54 Å². The van der Waals surface area contributed by atoms with Crippen molar-refractivity contribution < 1.29 is 19.1 Å². The van der Waals surface area contributed by atoms with Gasteiger partial charge < -0.3 is 14.4 Å². The van der Waals surface area contributed by atoms with Crippen molar-refractivity contribution in [3.63, 3.8) is 0 Å². The van der Waals surface area contributed by atoms with Crippen molar-refractivity contribution in [3.8, 4) is 11.5 Å². The second-order valence-corrected chi connectivity index (χ2v) is 7.70. The molecule has 6 nitrogen and oxygen atoms in total. The van der Waals surface area contributed by atoms with Gasteiger partial charge in [0.2, 0.25) is 18.4 Å². The second-order valence-electron chi connectivity index (χ2n) is 7.32. The van der Waals surface area contributed by atoms with Gasteiger partial charge in [0.25, 0.3) is 0 Å². The second kappa shape index (κ2) is 7.21. The molecule has 2 aromatic carbocycles. The zero-order chi connectivity index (χ0) is 20.0. The summed E-state index contributed by atoms with van der Waals surface area (Å²) < 4.78 is 10.8. The smallest absolute Gasteiger partial charge is 0.231 e. The van der Waals surface area contributed by atoms with E-state index in [4.69, 9.17) is 21.1 Å². The Labute approximate surface area is 173 Å². The van der Waals surface area contributed by atoms with Crippen molar-refractivity contribution in [2.75, 3.05) is 33.0 Å². The predicted octanol–water partition coefficient (Wildman–Crippen LogP) is 3.06. The topological polar surface area (TPSA) is 59.1 Å². The van der Waals surface area contributed by atoms with Crippen LogP contribution < -0.4 is 9.47 Å². The van der Waals surface area contributed by atoms with Gasteiger partial charge in [0, 0.05) is 43.9 Å². The number of hydrogen-bond donors (Lipinski definition) is 0. The standard InChI is InChI=1S/C22H19ClN2O4/c23-19-20(22(27)16-4-2-1-3-15(16)21(19)26)25-9-7-24(8-10-25)12-14-5-6-17-18(11-14)29-13-28-17/h1-6,11H,7-10,12-13H2. The largest absolute Gasteiger partial charge is 0.454 e. The Bertz CT molecular complexity index is 1040. The first kappa shape index (κ1) is 18.2. The number of benzene rings is 2. The molecule has 2 heterocycles. The molecule has 0 N–H and O–H groups in total. The predicted molar refractivity (Wildman–Crippen MR) is 107 cm³/mol. The summed E-state index contributed by atoms with van der Waals surface area (Å²) in [4.78, 5) is 29.8. The number of ketones is 2. The Balaban J connectivity index is 1.29. The first-order valence-electron chi connectivity index (χ1n) is 9.56. The average Bonchev–Trinajstić information content (AvgIpc) is 3.21. The zero-order valence-electron chi connectivity index (χ0n) is 15.7. The van der Waals surface area contributed by atoms with Crippen LogP contribution in [0.4, 0.5) is 0 Å². The molecule has 0 amide bonds. The van der Waals surface area contributed by atoms with Crippen LogP contribution in [0.3, 0.4) is 0 Å². The highest BCUT2D eigenvalue weighted by Gasteiger charge is 2.35. The Morgan fingerprint density at radius 1 is 0.862 bits per heavy atom. The van der Waals surface area contributed by atoms with Crippen molar-refractivity contribution in [3.05, 3.63) is 69.9 Å². The van der Waals surface area contributed by atoms with E-state index in [-0.39, 0.29) is 23.4 Å². The number of rotatable bonds is 3. The fraction of sp³-hybridized carbons (Fsp3) is 0.273. The molecule has 0 saturated carbocycles. The lowest BCUT2D eigenvalue weighted by Gasteiger charge is -2.38. The quantitative estimate of drug-likeness (QED) is 0.775. The molecule has 1 aliphatic carbocycles. The van der Waals surface area contributed by atoms with Gasteiger partial charge in [-0.2, -0.15) is 0 Å². The van der Waals surface area contributed by atoms with Crippen LogP contribution in [0.25, 0.3) is 0 Å². The molecule has 29 heavy (non-hydrogen) atoms.